The zero-order valence-electron chi connectivity index (χ0n) is 26.9. The number of nitrogens with one attached hydrogen (secondary N) is 2. The zero-order valence-corrected chi connectivity index (χ0v) is 27.7. The number of halogens is 1. The monoisotopic (exact) mass is 649 g/mol. The van der Waals surface area contributed by atoms with Gasteiger partial charge in [0.2, 0.25) is 11.8 Å². The molecule has 0 aromatic heterocycles. The summed E-state index contributed by atoms with van der Waals surface area (Å²) >= 11 is 5.80. The number of carboxylic acids is 1. The molecule has 0 aliphatic rings. The minimum absolute atomic E-state index is 0.00525. The number of aryl methyl sites for hydroxylation is 1. The van der Waals surface area contributed by atoms with Crippen molar-refractivity contribution in [3.8, 4) is 5.75 Å². The number of aliphatic carboxylic acids is 1. The summed E-state index contributed by atoms with van der Waals surface area (Å²) < 4.78 is 9.89. The van der Waals surface area contributed by atoms with Crippen LogP contribution in [0.5, 0.6) is 5.75 Å². The van der Waals surface area contributed by atoms with Crippen LogP contribution in [0, 0.1) is 18.8 Å². The quantitative estimate of drug-likeness (QED) is 0.0728. The number of carboxylic acid groups (broad SMARTS) is 1. The van der Waals surface area contributed by atoms with Crippen LogP contribution in [0.4, 0.5) is 0 Å². The third-order valence-corrected chi connectivity index (χ3v) is 6.21. The molecule has 1 rings (SSSR count). The van der Waals surface area contributed by atoms with E-state index in [1.807, 2.05) is 44.2 Å². The SMILES string of the molecule is CN=CC(=C\N)/C=C/C(C)CC/C=C/C(=O)NCC(=O)NCC(N)C(=O)OC(CC(C)C)C(=O)O.COc1ccc(C)cc1Cl. The summed E-state index contributed by atoms with van der Waals surface area (Å²) in [5.74, 6) is -2.17. The molecule has 13 heteroatoms. The molecule has 45 heavy (non-hydrogen) atoms. The predicted molar refractivity (Wildman–Crippen MR) is 177 cm³/mol. The van der Waals surface area contributed by atoms with Crippen molar-refractivity contribution in [2.24, 2.45) is 28.3 Å². The first-order valence-electron chi connectivity index (χ1n) is 14.5. The van der Waals surface area contributed by atoms with E-state index < -0.39 is 35.9 Å². The van der Waals surface area contributed by atoms with Gasteiger partial charge in [0.1, 0.15) is 11.8 Å². The van der Waals surface area contributed by atoms with Gasteiger partial charge in [-0.3, -0.25) is 19.4 Å². The maximum absolute atomic E-state index is 12.0. The number of nitrogens with zero attached hydrogens (tertiary/aromatic N) is 1. The first-order valence-corrected chi connectivity index (χ1v) is 14.8. The van der Waals surface area contributed by atoms with Crippen LogP contribution < -0.4 is 26.8 Å². The number of allylic oxidation sites excluding steroid dienone is 4. The normalized spacial score (nSPS) is 13.7. The Bertz CT molecular complexity index is 1210. The Labute approximate surface area is 271 Å². The van der Waals surface area contributed by atoms with E-state index in [0.29, 0.717) is 11.4 Å². The highest BCUT2D eigenvalue weighted by Gasteiger charge is 2.26. The average molecular weight is 650 g/mol. The number of hydrogen-bond acceptors (Lipinski definition) is 9. The van der Waals surface area contributed by atoms with Crippen molar-refractivity contribution in [3.63, 3.8) is 0 Å². The average Bonchev–Trinajstić information content (AvgIpc) is 2.98. The molecule has 3 unspecified atom stereocenters. The lowest BCUT2D eigenvalue weighted by atomic mass is 10.0. The van der Waals surface area contributed by atoms with Crippen molar-refractivity contribution < 1.29 is 33.8 Å². The fraction of sp³-hybridized carbons (Fsp3) is 0.469. The lowest BCUT2D eigenvalue weighted by Gasteiger charge is -2.18. The summed E-state index contributed by atoms with van der Waals surface area (Å²) in [6.07, 6.45) is 10.4. The van der Waals surface area contributed by atoms with Gasteiger partial charge in [0.15, 0.2) is 6.10 Å². The van der Waals surface area contributed by atoms with Crippen molar-refractivity contribution in [2.75, 3.05) is 27.2 Å². The molecule has 0 fully saturated rings. The van der Waals surface area contributed by atoms with Crippen LogP contribution in [0.25, 0.3) is 0 Å². The van der Waals surface area contributed by atoms with E-state index in [9.17, 15) is 19.2 Å². The molecular formula is C32H48ClN5O7. The number of carbonyl (C=O) groups is 4. The van der Waals surface area contributed by atoms with E-state index in [-0.39, 0.29) is 31.3 Å². The Balaban J connectivity index is 0.00000162. The fourth-order valence-electron chi connectivity index (χ4n) is 3.43. The molecule has 0 spiro atoms. The number of rotatable bonds is 17. The van der Waals surface area contributed by atoms with Gasteiger partial charge >= 0.3 is 11.9 Å². The Morgan fingerprint density at radius 2 is 1.82 bits per heavy atom. The number of aliphatic imine (C=N–C) groups is 1. The van der Waals surface area contributed by atoms with Gasteiger partial charge in [0, 0.05) is 31.6 Å². The molecule has 2 amide bonds. The number of carbonyl (C=O) groups excluding carboxylic acids is 3. The third-order valence-electron chi connectivity index (χ3n) is 5.92. The van der Waals surface area contributed by atoms with Crippen LogP contribution >= 0.6 is 11.6 Å². The van der Waals surface area contributed by atoms with Crippen LogP contribution in [0.3, 0.4) is 0 Å². The lowest BCUT2D eigenvalue weighted by molar-refractivity contribution is -0.165. The van der Waals surface area contributed by atoms with E-state index in [0.717, 1.165) is 23.3 Å². The van der Waals surface area contributed by atoms with Crippen LogP contribution in [-0.4, -0.2) is 74.5 Å². The molecular weight excluding hydrogens is 602 g/mol. The number of esters is 1. The van der Waals surface area contributed by atoms with E-state index >= 15 is 0 Å². The zero-order chi connectivity index (χ0) is 34.4. The summed E-state index contributed by atoms with van der Waals surface area (Å²) in [6.45, 7) is 7.07. The van der Waals surface area contributed by atoms with Crippen molar-refractivity contribution in [1.82, 2.24) is 10.6 Å². The fourth-order valence-corrected chi connectivity index (χ4v) is 3.75. The number of hydrogen-bond donors (Lipinski definition) is 5. The maximum Gasteiger partial charge on any atom is 0.345 e. The molecule has 0 aliphatic carbocycles. The van der Waals surface area contributed by atoms with Gasteiger partial charge in [0.05, 0.1) is 18.7 Å². The molecule has 0 aliphatic heterocycles. The van der Waals surface area contributed by atoms with Gasteiger partial charge in [-0.2, -0.15) is 0 Å². The number of amides is 2. The van der Waals surface area contributed by atoms with Gasteiger partial charge in [-0.25, -0.2) is 4.79 Å². The minimum atomic E-state index is -1.30. The van der Waals surface area contributed by atoms with Gasteiger partial charge in [-0.1, -0.05) is 56.7 Å². The molecule has 3 atom stereocenters. The molecule has 1 aromatic carbocycles. The van der Waals surface area contributed by atoms with E-state index in [1.165, 1.54) is 12.3 Å². The van der Waals surface area contributed by atoms with Crippen molar-refractivity contribution in [2.45, 2.75) is 59.1 Å². The summed E-state index contributed by atoms with van der Waals surface area (Å²) in [5.41, 5.74) is 13.1. The summed E-state index contributed by atoms with van der Waals surface area (Å²) in [5, 5.41) is 14.6. The Hall–Kier alpha value is -4.16. The first-order chi connectivity index (χ1) is 21.2. The van der Waals surface area contributed by atoms with Gasteiger partial charge in [0.25, 0.3) is 0 Å². The van der Waals surface area contributed by atoms with Crippen LogP contribution in [0.1, 0.15) is 45.6 Å². The molecule has 250 valence electrons. The number of ether oxygens (including phenoxy) is 2. The van der Waals surface area contributed by atoms with Gasteiger partial charge < -0.3 is 36.7 Å². The third kappa shape index (κ3) is 19.7. The Morgan fingerprint density at radius 3 is 2.38 bits per heavy atom. The Morgan fingerprint density at radius 1 is 1.13 bits per heavy atom. The Kier molecular flexibility index (Phi) is 21.1. The standard InChI is InChI=1S/C24H39N5O6.C8H9ClO/c1-16(2)11-20(23(32)33)35-24(34)19(26)14-28-22(31)15-29-21(30)8-6-5-7-17(3)9-10-18(12-25)13-27-4;1-6-3-4-8(10-2)7(9)5-6/h6,8-10,12-13,16-17,19-20H,5,7,11,14-15,25-26H2,1-4H3,(H,28,31)(H,29,30)(H,32,33);3-5H,1-2H3/b8-6+,10-9+,18-12-,27-13?;. The minimum Gasteiger partial charge on any atom is -0.495 e. The van der Waals surface area contributed by atoms with Crippen LogP contribution in [-0.2, 0) is 23.9 Å². The van der Waals surface area contributed by atoms with E-state index in [2.05, 4.69) is 15.6 Å². The van der Waals surface area contributed by atoms with E-state index in [1.54, 1.807) is 40.3 Å². The van der Waals surface area contributed by atoms with Gasteiger partial charge in [-0.05, 0) is 61.8 Å². The summed E-state index contributed by atoms with van der Waals surface area (Å²) in [7, 11) is 3.27. The topological polar surface area (TPSA) is 195 Å². The highest BCUT2D eigenvalue weighted by atomic mass is 35.5. The molecule has 0 bridgehead atoms. The molecule has 1 aromatic rings. The van der Waals surface area contributed by atoms with Gasteiger partial charge in [-0.15, -0.1) is 0 Å². The second-order valence-electron chi connectivity index (χ2n) is 10.5. The first kappa shape index (κ1) is 40.8. The number of methoxy groups -OCH3 is 1. The smallest absolute Gasteiger partial charge is 0.345 e. The maximum atomic E-state index is 12.0. The number of benzene rings is 1. The molecule has 0 saturated heterocycles. The summed E-state index contributed by atoms with van der Waals surface area (Å²) in [4.78, 5) is 50.8. The van der Waals surface area contributed by atoms with Crippen molar-refractivity contribution in [3.05, 3.63) is 64.9 Å². The molecule has 0 radical (unpaired) electrons. The number of nitrogens with two attached hydrogens (primary N) is 2. The highest BCUT2D eigenvalue weighted by molar-refractivity contribution is 6.32. The molecule has 0 saturated carbocycles. The molecule has 0 heterocycles. The molecule has 12 nitrogen and oxygen atoms in total. The van der Waals surface area contributed by atoms with Crippen molar-refractivity contribution in [1.29, 1.82) is 0 Å². The molecule has 7 N–H and O–H groups in total. The van der Waals surface area contributed by atoms with E-state index in [4.69, 9.17) is 37.6 Å². The van der Waals surface area contributed by atoms with Crippen molar-refractivity contribution >= 4 is 41.6 Å². The second kappa shape index (κ2) is 23.3. The predicted octanol–water partition coefficient (Wildman–Crippen LogP) is 3.32. The lowest BCUT2D eigenvalue weighted by Crippen LogP contribution is -2.47. The highest BCUT2D eigenvalue weighted by Crippen LogP contribution is 2.24. The summed E-state index contributed by atoms with van der Waals surface area (Å²) in [6, 6.07) is 4.47. The largest absolute Gasteiger partial charge is 0.495 e. The van der Waals surface area contributed by atoms with Crippen LogP contribution in [0.15, 0.2) is 59.3 Å². The van der Waals surface area contributed by atoms with Crippen LogP contribution in [0.2, 0.25) is 5.02 Å². The second-order valence-corrected chi connectivity index (χ2v) is 10.9.